The van der Waals surface area contributed by atoms with Gasteiger partial charge in [0, 0.05) is 37.6 Å². The Hall–Kier alpha value is -0.910. The number of hydrogen-bond donors (Lipinski definition) is 1. The average molecular weight is 277 g/mol. The van der Waals surface area contributed by atoms with E-state index in [-0.39, 0.29) is 0 Å². The van der Waals surface area contributed by atoms with E-state index in [4.69, 9.17) is 5.73 Å². The van der Waals surface area contributed by atoms with Gasteiger partial charge < -0.3 is 15.2 Å². The predicted octanol–water partition coefficient (Wildman–Crippen LogP) is 0.771. The fourth-order valence-electron chi connectivity index (χ4n) is 3.49. The van der Waals surface area contributed by atoms with Crippen LogP contribution in [0.1, 0.15) is 25.7 Å². The molecule has 2 aliphatic heterocycles. The SMILES string of the molecule is NC1CCN(C2CCN(CCCn3ccnc3)C2)CC1. The molecule has 5 nitrogen and oxygen atoms in total. The summed E-state index contributed by atoms with van der Waals surface area (Å²) < 4.78 is 2.17. The van der Waals surface area contributed by atoms with E-state index in [1.807, 2.05) is 18.7 Å². The molecule has 2 fully saturated rings. The molecule has 0 bridgehead atoms. The van der Waals surface area contributed by atoms with Gasteiger partial charge in [0.25, 0.3) is 0 Å². The highest BCUT2D eigenvalue weighted by molar-refractivity contribution is 4.87. The predicted molar refractivity (Wildman–Crippen MR) is 80.5 cm³/mol. The van der Waals surface area contributed by atoms with Crippen LogP contribution < -0.4 is 5.73 Å². The van der Waals surface area contributed by atoms with Crippen LogP contribution in [0.4, 0.5) is 0 Å². The quantitative estimate of drug-likeness (QED) is 0.864. The molecule has 0 amide bonds. The second kappa shape index (κ2) is 6.70. The zero-order chi connectivity index (χ0) is 13.8. The van der Waals surface area contributed by atoms with Crippen LogP contribution >= 0.6 is 0 Å². The Balaban J connectivity index is 1.36. The highest BCUT2D eigenvalue weighted by Gasteiger charge is 2.29. The zero-order valence-electron chi connectivity index (χ0n) is 12.3. The Kier molecular flexibility index (Phi) is 4.70. The number of likely N-dealkylation sites (tertiary alicyclic amines) is 2. The van der Waals surface area contributed by atoms with Crippen molar-refractivity contribution < 1.29 is 0 Å². The molecule has 1 aromatic heterocycles. The molecule has 0 spiro atoms. The molecule has 0 saturated carbocycles. The van der Waals surface area contributed by atoms with Crippen LogP contribution in [-0.4, -0.2) is 64.2 Å². The summed E-state index contributed by atoms with van der Waals surface area (Å²) in [6.07, 6.45) is 10.7. The van der Waals surface area contributed by atoms with Gasteiger partial charge in [-0.3, -0.25) is 4.90 Å². The molecule has 2 N–H and O–H groups in total. The fraction of sp³-hybridized carbons (Fsp3) is 0.800. The van der Waals surface area contributed by atoms with Gasteiger partial charge in [-0.1, -0.05) is 0 Å². The van der Waals surface area contributed by atoms with Crippen molar-refractivity contribution in [3.8, 4) is 0 Å². The molecule has 1 atom stereocenters. The van der Waals surface area contributed by atoms with Crippen molar-refractivity contribution in [1.82, 2.24) is 19.4 Å². The highest BCUT2D eigenvalue weighted by Crippen LogP contribution is 2.20. The minimum Gasteiger partial charge on any atom is -0.337 e. The largest absolute Gasteiger partial charge is 0.337 e. The summed E-state index contributed by atoms with van der Waals surface area (Å²) in [4.78, 5) is 9.37. The van der Waals surface area contributed by atoms with E-state index in [0.29, 0.717) is 6.04 Å². The van der Waals surface area contributed by atoms with Gasteiger partial charge in [-0.25, -0.2) is 4.98 Å². The number of piperidine rings is 1. The van der Waals surface area contributed by atoms with Crippen LogP contribution in [-0.2, 0) is 6.54 Å². The lowest BCUT2D eigenvalue weighted by Gasteiger charge is -2.34. The van der Waals surface area contributed by atoms with Gasteiger partial charge in [0.2, 0.25) is 0 Å². The van der Waals surface area contributed by atoms with Gasteiger partial charge in [-0.2, -0.15) is 0 Å². The molecule has 2 aliphatic rings. The van der Waals surface area contributed by atoms with Crippen molar-refractivity contribution in [3.63, 3.8) is 0 Å². The van der Waals surface area contributed by atoms with Crippen molar-refractivity contribution in [2.75, 3.05) is 32.7 Å². The van der Waals surface area contributed by atoms with Crippen molar-refractivity contribution in [2.24, 2.45) is 5.73 Å². The normalized spacial score (nSPS) is 26.4. The Morgan fingerprint density at radius 2 is 1.95 bits per heavy atom. The average Bonchev–Trinajstić information content (AvgIpc) is 3.11. The van der Waals surface area contributed by atoms with Crippen LogP contribution in [0.25, 0.3) is 0 Å². The van der Waals surface area contributed by atoms with E-state index in [0.717, 1.165) is 12.6 Å². The molecule has 1 unspecified atom stereocenters. The van der Waals surface area contributed by atoms with Crippen LogP contribution in [0, 0.1) is 0 Å². The minimum atomic E-state index is 0.443. The summed E-state index contributed by atoms with van der Waals surface area (Å²) in [5.41, 5.74) is 5.99. The Bertz CT molecular complexity index is 383. The molecule has 20 heavy (non-hydrogen) atoms. The Morgan fingerprint density at radius 3 is 2.70 bits per heavy atom. The third-order valence-corrected chi connectivity index (χ3v) is 4.79. The number of aryl methyl sites for hydroxylation is 1. The molecule has 2 saturated heterocycles. The fourth-order valence-corrected chi connectivity index (χ4v) is 3.49. The molecule has 5 heteroatoms. The molecule has 112 valence electrons. The number of nitrogens with zero attached hydrogens (tertiary/aromatic N) is 4. The van der Waals surface area contributed by atoms with Crippen molar-refractivity contribution in [2.45, 2.75) is 44.3 Å². The summed E-state index contributed by atoms with van der Waals surface area (Å²) in [5, 5.41) is 0. The van der Waals surface area contributed by atoms with Gasteiger partial charge in [-0.05, 0) is 51.9 Å². The summed E-state index contributed by atoms with van der Waals surface area (Å²) in [7, 11) is 0. The van der Waals surface area contributed by atoms with Crippen LogP contribution in [0.15, 0.2) is 18.7 Å². The van der Waals surface area contributed by atoms with Crippen LogP contribution in [0.2, 0.25) is 0 Å². The monoisotopic (exact) mass is 277 g/mol. The van der Waals surface area contributed by atoms with Gasteiger partial charge >= 0.3 is 0 Å². The highest BCUT2D eigenvalue weighted by atomic mass is 15.3. The number of aromatic nitrogens is 2. The first kappa shape index (κ1) is 14.0. The Labute approximate surface area is 121 Å². The second-order valence-corrected chi connectivity index (χ2v) is 6.27. The standard InChI is InChI=1S/C15H27N5/c16-14-2-9-20(10-3-14)15-4-8-18(12-15)6-1-7-19-11-5-17-13-19/h5,11,13-15H,1-4,6-10,12,16H2. The number of rotatable bonds is 5. The molecular formula is C15H27N5. The Morgan fingerprint density at radius 1 is 1.10 bits per heavy atom. The van der Waals surface area contributed by atoms with E-state index in [1.165, 1.54) is 58.4 Å². The van der Waals surface area contributed by atoms with Gasteiger partial charge in [0.1, 0.15) is 0 Å². The first-order chi connectivity index (χ1) is 9.81. The van der Waals surface area contributed by atoms with Gasteiger partial charge in [0.15, 0.2) is 0 Å². The number of imidazole rings is 1. The van der Waals surface area contributed by atoms with E-state index in [1.54, 1.807) is 0 Å². The summed E-state index contributed by atoms with van der Waals surface area (Å²) in [5.74, 6) is 0. The maximum Gasteiger partial charge on any atom is 0.0945 e. The third-order valence-electron chi connectivity index (χ3n) is 4.79. The maximum atomic E-state index is 5.99. The van der Waals surface area contributed by atoms with Crippen molar-refractivity contribution in [1.29, 1.82) is 0 Å². The lowest BCUT2D eigenvalue weighted by molar-refractivity contribution is 0.152. The van der Waals surface area contributed by atoms with Crippen molar-refractivity contribution in [3.05, 3.63) is 18.7 Å². The maximum absolute atomic E-state index is 5.99. The lowest BCUT2D eigenvalue weighted by Crippen LogP contribution is -2.46. The van der Waals surface area contributed by atoms with Gasteiger partial charge in [-0.15, -0.1) is 0 Å². The van der Waals surface area contributed by atoms with E-state index < -0.39 is 0 Å². The van der Waals surface area contributed by atoms with Crippen molar-refractivity contribution >= 4 is 0 Å². The molecule has 0 aromatic carbocycles. The summed E-state index contributed by atoms with van der Waals surface area (Å²) >= 11 is 0. The summed E-state index contributed by atoms with van der Waals surface area (Å²) in [6.45, 7) is 7.21. The van der Waals surface area contributed by atoms with Crippen LogP contribution in [0.5, 0.6) is 0 Å². The van der Waals surface area contributed by atoms with E-state index >= 15 is 0 Å². The molecule has 0 radical (unpaired) electrons. The van der Waals surface area contributed by atoms with E-state index in [9.17, 15) is 0 Å². The molecular weight excluding hydrogens is 250 g/mol. The van der Waals surface area contributed by atoms with E-state index in [2.05, 4.69) is 19.4 Å². The molecule has 3 rings (SSSR count). The first-order valence-electron chi connectivity index (χ1n) is 7.99. The zero-order valence-corrected chi connectivity index (χ0v) is 12.3. The number of nitrogens with two attached hydrogens (primary N) is 1. The van der Waals surface area contributed by atoms with Gasteiger partial charge in [0.05, 0.1) is 6.33 Å². The minimum absolute atomic E-state index is 0.443. The van der Waals surface area contributed by atoms with Crippen LogP contribution in [0.3, 0.4) is 0 Å². The summed E-state index contributed by atoms with van der Waals surface area (Å²) in [6, 6.07) is 1.22. The second-order valence-electron chi connectivity index (χ2n) is 6.27. The molecule has 0 aliphatic carbocycles. The lowest BCUT2D eigenvalue weighted by atomic mass is 10.0. The third kappa shape index (κ3) is 3.59. The smallest absolute Gasteiger partial charge is 0.0945 e. The topological polar surface area (TPSA) is 50.3 Å². The number of hydrogen-bond acceptors (Lipinski definition) is 4. The first-order valence-corrected chi connectivity index (χ1v) is 7.99. The molecule has 1 aromatic rings. The molecule has 3 heterocycles.